The molecule has 0 aromatic heterocycles. The highest BCUT2D eigenvalue weighted by Crippen LogP contribution is 2.58. The van der Waals surface area contributed by atoms with Crippen molar-refractivity contribution in [2.75, 3.05) is 0 Å². The lowest BCUT2D eigenvalue weighted by Gasteiger charge is -2.23. The molecule has 4 nitrogen and oxygen atoms in total. The quantitative estimate of drug-likeness (QED) is 0.640. The minimum Gasteiger partial charge on any atom is -0.483 e. The van der Waals surface area contributed by atoms with E-state index in [9.17, 15) is 0 Å². The monoisotopic (exact) mass is 242 g/mol. The van der Waals surface area contributed by atoms with Gasteiger partial charge in [0.25, 0.3) is 12.4 Å². The van der Waals surface area contributed by atoms with E-state index >= 15 is 0 Å². The minimum atomic E-state index is -0.833. The lowest BCUT2D eigenvalue weighted by atomic mass is 9.82. The van der Waals surface area contributed by atoms with Gasteiger partial charge in [-0.3, -0.25) is 9.59 Å². The third kappa shape index (κ3) is 3.72. The first-order valence-corrected chi connectivity index (χ1v) is 6.37. The van der Waals surface area contributed by atoms with Crippen LogP contribution in [0.2, 0.25) is 0 Å². The largest absolute Gasteiger partial charge is 0.483 e. The summed E-state index contributed by atoms with van der Waals surface area (Å²) in [6.45, 7) is 0.833. The van der Waals surface area contributed by atoms with Crippen LogP contribution in [0.4, 0.5) is 0 Å². The lowest BCUT2D eigenvalue weighted by Crippen LogP contribution is -2.15. The van der Waals surface area contributed by atoms with Crippen molar-refractivity contribution in [3.8, 4) is 0 Å². The van der Waals surface area contributed by atoms with E-state index in [0.29, 0.717) is 0 Å². The Morgan fingerprint density at radius 3 is 1.82 bits per heavy atom. The van der Waals surface area contributed by atoms with Crippen LogP contribution in [0.5, 0.6) is 0 Å². The summed E-state index contributed by atoms with van der Waals surface area (Å²) in [4.78, 5) is 17.4. The van der Waals surface area contributed by atoms with Gasteiger partial charge in [0.1, 0.15) is 0 Å². The molecule has 0 amide bonds. The first kappa shape index (κ1) is 14.0. The van der Waals surface area contributed by atoms with Gasteiger partial charge in [0, 0.05) is 6.92 Å². The molecule has 0 heterocycles. The molecule has 0 aliphatic heterocycles. The molecule has 3 aliphatic carbocycles. The van der Waals surface area contributed by atoms with Crippen molar-refractivity contribution in [1.29, 1.82) is 0 Å². The number of fused-ring (bicyclic) bond motifs is 5. The van der Waals surface area contributed by atoms with Crippen LogP contribution in [0.1, 0.15) is 45.4 Å². The van der Waals surface area contributed by atoms with Crippen LogP contribution in [0.15, 0.2) is 0 Å². The van der Waals surface area contributed by atoms with Crippen molar-refractivity contribution in [3.63, 3.8) is 0 Å². The number of carboxylic acids is 1. The van der Waals surface area contributed by atoms with Gasteiger partial charge in [-0.2, -0.15) is 0 Å². The number of aliphatic carboxylic acids is 1. The summed E-state index contributed by atoms with van der Waals surface area (Å²) >= 11 is 0. The standard InChI is InChI=1S/C10H16.C2H4O2.CH2O2/c1-2-9-7-4-5-8(6-7)10(9)3-1;1-2(3)4;2-1-3/h7-10H,1-6H2;1H3,(H,3,4);1H,(H,2,3). The Balaban J connectivity index is 0.000000177. The molecule has 4 heteroatoms. The molecule has 0 spiro atoms. The predicted octanol–water partition coefficient (Wildman–Crippen LogP) is 2.62. The maximum Gasteiger partial charge on any atom is 0.300 e. The maximum atomic E-state index is 9.00. The van der Waals surface area contributed by atoms with Gasteiger partial charge in [0.15, 0.2) is 0 Å². The zero-order valence-corrected chi connectivity index (χ0v) is 10.3. The number of carboxylic acid groups (broad SMARTS) is 2. The number of hydrogen-bond acceptors (Lipinski definition) is 2. The fourth-order valence-corrected chi connectivity index (χ4v) is 4.02. The van der Waals surface area contributed by atoms with Gasteiger partial charge in [-0.05, 0) is 55.8 Å². The van der Waals surface area contributed by atoms with Crippen molar-refractivity contribution in [3.05, 3.63) is 0 Å². The van der Waals surface area contributed by atoms with Crippen molar-refractivity contribution in [1.82, 2.24) is 0 Å². The molecule has 0 saturated heterocycles. The highest BCUT2D eigenvalue weighted by Gasteiger charge is 2.48. The third-order valence-corrected chi connectivity index (χ3v) is 4.35. The molecule has 98 valence electrons. The molecular formula is C13H22O4. The van der Waals surface area contributed by atoms with Crippen LogP contribution in [-0.4, -0.2) is 22.7 Å². The van der Waals surface area contributed by atoms with Crippen molar-refractivity contribution in [2.24, 2.45) is 23.7 Å². The molecule has 3 aliphatic rings. The van der Waals surface area contributed by atoms with Gasteiger partial charge in [-0.1, -0.05) is 6.42 Å². The highest BCUT2D eigenvalue weighted by molar-refractivity contribution is 5.62. The van der Waals surface area contributed by atoms with Crippen molar-refractivity contribution >= 4 is 12.4 Å². The Morgan fingerprint density at radius 1 is 1.12 bits per heavy atom. The normalized spacial score (nSPS) is 36.1. The minimum absolute atomic E-state index is 0.250. The first-order chi connectivity index (χ1) is 8.10. The molecule has 3 rings (SSSR count). The van der Waals surface area contributed by atoms with Crippen LogP contribution in [0, 0.1) is 23.7 Å². The SMILES string of the molecule is C1CC2C3CCC(C3)C2C1.CC(=O)O.O=CO. The number of rotatable bonds is 0. The molecule has 0 aromatic carbocycles. The third-order valence-electron chi connectivity index (χ3n) is 4.35. The Hall–Kier alpha value is -1.06. The summed E-state index contributed by atoms with van der Waals surface area (Å²) in [5, 5.41) is 14.3. The van der Waals surface area contributed by atoms with E-state index in [1.54, 1.807) is 38.5 Å². The Kier molecular flexibility index (Phi) is 5.45. The van der Waals surface area contributed by atoms with Crippen LogP contribution < -0.4 is 0 Å². The molecule has 2 N–H and O–H groups in total. The molecule has 17 heavy (non-hydrogen) atoms. The fraction of sp³-hybridized carbons (Fsp3) is 0.846. The van der Waals surface area contributed by atoms with E-state index < -0.39 is 5.97 Å². The van der Waals surface area contributed by atoms with Crippen LogP contribution in [0.3, 0.4) is 0 Å². The van der Waals surface area contributed by atoms with E-state index in [0.717, 1.165) is 6.92 Å². The lowest BCUT2D eigenvalue weighted by molar-refractivity contribution is -0.134. The first-order valence-electron chi connectivity index (χ1n) is 6.37. The smallest absolute Gasteiger partial charge is 0.300 e. The summed E-state index contributed by atoms with van der Waals surface area (Å²) in [6.07, 6.45) is 9.53. The van der Waals surface area contributed by atoms with Crippen molar-refractivity contribution in [2.45, 2.75) is 45.4 Å². The summed E-state index contributed by atoms with van der Waals surface area (Å²) in [5.74, 6) is 3.97. The van der Waals surface area contributed by atoms with Gasteiger partial charge in [0.2, 0.25) is 0 Å². The van der Waals surface area contributed by atoms with Crippen LogP contribution in [0.25, 0.3) is 0 Å². The van der Waals surface area contributed by atoms with E-state index in [1.165, 1.54) is 23.7 Å². The zero-order chi connectivity index (χ0) is 12.8. The van der Waals surface area contributed by atoms with Gasteiger partial charge in [-0.25, -0.2) is 0 Å². The Morgan fingerprint density at radius 2 is 1.47 bits per heavy atom. The fourth-order valence-electron chi connectivity index (χ4n) is 4.02. The molecule has 3 fully saturated rings. The van der Waals surface area contributed by atoms with Crippen molar-refractivity contribution < 1.29 is 19.8 Å². The van der Waals surface area contributed by atoms with Gasteiger partial charge < -0.3 is 10.2 Å². The molecule has 0 aromatic rings. The Labute approximate surface area is 102 Å². The topological polar surface area (TPSA) is 74.6 Å². The summed E-state index contributed by atoms with van der Waals surface area (Å²) < 4.78 is 0. The molecule has 4 unspecified atom stereocenters. The van der Waals surface area contributed by atoms with Crippen LogP contribution in [-0.2, 0) is 9.59 Å². The molecule has 2 bridgehead atoms. The maximum absolute atomic E-state index is 9.00. The van der Waals surface area contributed by atoms with Gasteiger partial charge in [0.05, 0.1) is 0 Å². The molecule has 3 saturated carbocycles. The summed E-state index contributed by atoms with van der Waals surface area (Å²) in [5.41, 5.74) is 0. The average Bonchev–Trinajstić information content (AvgIpc) is 2.92. The predicted molar refractivity (Wildman–Crippen MR) is 63.7 cm³/mol. The van der Waals surface area contributed by atoms with Gasteiger partial charge >= 0.3 is 0 Å². The second-order valence-electron chi connectivity index (χ2n) is 5.22. The second-order valence-corrected chi connectivity index (χ2v) is 5.22. The van der Waals surface area contributed by atoms with Gasteiger partial charge in [-0.15, -0.1) is 0 Å². The van der Waals surface area contributed by atoms with E-state index in [1.807, 2.05) is 0 Å². The van der Waals surface area contributed by atoms with Crippen LogP contribution >= 0.6 is 0 Å². The van der Waals surface area contributed by atoms with E-state index in [-0.39, 0.29) is 6.47 Å². The average molecular weight is 242 g/mol. The summed E-state index contributed by atoms with van der Waals surface area (Å²) in [7, 11) is 0. The highest BCUT2D eigenvalue weighted by atomic mass is 16.4. The molecular weight excluding hydrogens is 220 g/mol. The Bertz CT molecular complexity index is 244. The number of hydrogen-bond donors (Lipinski definition) is 2. The number of carbonyl (C=O) groups is 2. The molecule has 4 atom stereocenters. The second kappa shape index (κ2) is 6.62. The van der Waals surface area contributed by atoms with E-state index in [4.69, 9.17) is 19.8 Å². The van der Waals surface area contributed by atoms with E-state index in [2.05, 4.69) is 0 Å². The summed E-state index contributed by atoms with van der Waals surface area (Å²) in [6, 6.07) is 0. The zero-order valence-electron chi connectivity index (χ0n) is 10.3. The molecule has 0 radical (unpaired) electrons.